The third-order valence-corrected chi connectivity index (χ3v) is 2.67. The third-order valence-electron chi connectivity index (χ3n) is 2.67. The molecule has 3 heteroatoms. The molecule has 0 bridgehead atoms. The molecule has 0 atom stereocenters. The van der Waals surface area contributed by atoms with Crippen LogP contribution in [0.5, 0.6) is 5.75 Å². The van der Waals surface area contributed by atoms with E-state index in [2.05, 4.69) is 50.5 Å². The minimum absolute atomic E-state index is 0.538. The first-order valence-corrected chi connectivity index (χ1v) is 6.17. The van der Waals surface area contributed by atoms with Crippen LogP contribution in [0.4, 0.5) is 5.69 Å². The fraction of sp³-hybridized carbons (Fsp3) is 0.571. The Kier molecular flexibility index (Phi) is 5.29. The third kappa shape index (κ3) is 4.27. The second-order valence-corrected chi connectivity index (χ2v) is 4.68. The van der Waals surface area contributed by atoms with Crippen molar-refractivity contribution in [2.75, 3.05) is 25.5 Å². The predicted molar refractivity (Wildman–Crippen MR) is 74.1 cm³/mol. The Bertz CT molecular complexity index is 338. The van der Waals surface area contributed by atoms with E-state index >= 15 is 0 Å². The second-order valence-electron chi connectivity index (χ2n) is 4.68. The van der Waals surface area contributed by atoms with Crippen LogP contribution in [0, 0.1) is 13.8 Å². The molecule has 17 heavy (non-hydrogen) atoms. The highest BCUT2D eigenvalue weighted by molar-refractivity contribution is 5.55. The van der Waals surface area contributed by atoms with Crippen LogP contribution in [0.15, 0.2) is 12.1 Å². The van der Waals surface area contributed by atoms with Gasteiger partial charge in [0.05, 0.1) is 7.11 Å². The van der Waals surface area contributed by atoms with Gasteiger partial charge in [-0.2, -0.15) is 0 Å². The molecule has 1 rings (SSSR count). The van der Waals surface area contributed by atoms with Gasteiger partial charge >= 0.3 is 0 Å². The van der Waals surface area contributed by atoms with Crippen molar-refractivity contribution in [1.29, 1.82) is 0 Å². The van der Waals surface area contributed by atoms with Crippen LogP contribution in [0.1, 0.15) is 25.0 Å². The summed E-state index contributed by atoms with van der Waals surface area (Å²) in [6.07, 6.45) is 0. The molecule has 0 heterocycles. The number of anilines is 1. The SMILES string of the molecule is COc1c(C)cc(NCCNC(C)C)cc1C. The van der Waals surface area contributed by atoms with Crippen molar-refractivity contribution in [3.8, 4) is 5.75 Å². The van der Waals surface area contributed by atoms with E-state index < -0.39 is 0 Å². The number of rotatable bonds is 6. The van der Waals surface area contributed by atoms with Gasteiger partial charge in [-0.15, -0.1) is 0 Å². The minimum Gasteiger partial charge on any atom is -0.496 e. The monoisotopic (exact) mass is 236 g/mol. The molecule has 96 valence electrons. The van der Waals surface area contributed by atoms with Gasteiger partial charge < -0.3 is 15.4 Å². The summed E-state index contributed by atoms with van der Waals surface area (Å²) in [5.41, 5.74) is 3.50. The van der Waals surface area contributed by atoms with E-state index in [4.69, 9.17) is 4.74 Å². The molecular weight excluding hydrogens is 212 g/mol. The predicted octanol–water partition coefficient (Wildman–Crippen LogP) is 2.72. The van der Waals surface area contributed by atoms with Crippen molar-refractivity contribution in [3.05, 3.63) is 23.3 Å². The summed E-state index contributed by atoms with van der Waals surface area (Å²) in [6, 6.07) is 4.79. The second kappa shape index (κ2) is 6.50. The van der Waals surface area contributed by atoms with Gasteiger partial charge in [0.1, 0.15) is 5.75 Å². The van der Waals surface area contributed by atoms with E-state index in [0.29, 0.717) is 6.04 Å². The Morgan fingerprint density at radius 2 is 1.71 bits per heavy atom. The van der Waals surface area contributed by atoms with Gasteiger partial charge in [0, 0.05) is 24.8 Å². The first kappa shape index (κ1) is 13.8. The average Bonchev–Trinajstić information content (AvgIpc) is 2.24. The van der Waals surface area contributed by atoms with Crippen LogP contribution in [0.3, 0.4) is 0 Å². The number of hydrogen-bond donors (Lipinski definition) is 2. The van der Waals surface area contributed by atoms with Gasteiger partial charge in [-0.25, -0.2) is 0 Å². The molecule has 2 N–H and O–H groups in total. The molecule has 1 aromatic carbocycles. The fourth-order valence-electron chi connectivity index (χ4n) is 1.94. The molecule has 0 aliphatic heterocycles. The lowest BCUT2D eigenvalue weighted by Gasteiger charge is -2.14. The van der Waals surface area contributed by atoms with Crippen LogP contribution in [-0.4, -0.2) is 26.2 Å². The fourth-order valence-corrected chi connectivity index (χ4v) is 1.94. The van der Waals surface area contributed by atoms with E-state index in [1.165, 1.54) is 11.1 Å². The average molecular weight is 236 g/mol. The quantitative estimate of drug-likeness (QED) is 0.745. The Balaban J connectivity index is 2.55. The van der Waals surface area contributed by atoms with E-state index in [9.17, 15) is 0 Å². The van der Waals surface area contributed by atoms with E-state index in [1.54, 1.807) is 7.11 Å². The molecule has 0 fully saturated rings. The van der Waals surface area contributed by atoms with E-state index in [0.717, 1.165) is 24.5 Å². The number of benzene rings is 1. The molecule has 0 aromatic heterocycles. The highest BCUT2D eigenvalue weighted by atomic mass is 16.5. The van der Waals surface area contributed by atoms with Gasteiger partial charge in [-0.3, -0.25) is 0 Å². The zero-order valence-corrected chi connectivity index (χ0v) is 11.6. The van der Waals surface area contributed by atoms with Crippen molar-refractivity contribution < 1.29 is 4.74 Å². The van der Waals surface area contributed by atoms with Crippen molar-refractivity contribution >= 4 is 5.69 Å². The van der Waals surface area contributed by atoms with Crippen molar-refractivity contribution in [2.45, 2.75) is 33.7 Å². The lowest BCUT2D eigenvalue weighted by atomic mass is 10.1. The maximum atomic E-state index is 5.35. The van der Waals surface area contributed by atoms with Crippen LogP contribution >= 0.6 is 0 Å². The van der Waals surface area contributed by atoms with Crippen LogP contribution in [0.25, 0.3) is 0 Å². The number of nitrogens with one attached hydrogen (secondary N) is 2. The van der Waals surface area contributed by atoms with Crippen molar-refractivity contribution in [2.24, 2.45) is 0 Å². The van der Waals surface area contributed by atoms with Gasteiger partial charge in [-0.1, -0.05) is 13.8 Å². The molecule has 0 amide bonds. The molecule has 0 radical (unpaired) electrons. The maximum absolute atomic E-state index is 5.35. The maximum Gasteiger partial charge on any atom is 0.124 e. The molecule has 0 saturated carbocycles. The molecule has 0 spiro atoms. The molecule has 0 aliphatic carbocycles. The van der Waals surface area contributed by atoms with Crippen LogP contribution < -0.4 is 15.4 Å². The molecule has 1 aromatic rings. The summed E-state index contributed by atoms with van der Waals surface area (Å²) in [5.74, 6) is 0.982. The highest BCUT2D eigenvalue weighted by Crippen LogP contribution is 2.26. The lowest BCUT2D eigenvalue weighted by Crippen LogP contribution is -2.28. The summed E-state index contributed by atoms with van der Waals surface area (Å²) in [5, 5.41) is 6.80. The Labute approximate surface area is 105 Å². The first-order valence-electron chi connectivity index (χ1n) is 6.17. The molecule has 0 unspecified atom stereocenters. The zero-order chi connectivity index (χ0) is 12.8. The molecule has 0 aliphatic rings. The van der Waals surface area contributed by atoms with Crippen molar-refractivity contribution in [3.63, 3.8) is 0 Å². The summed E-state index contributed by atoms with van der Waals surface area (Å²) in [7, 11) is 1.72. The summed E-state index contributed by atoms with van der Waals surface area (Å²) >= 11 is 0. The Hall–Kier alpha value is -1.22. The minimum atomic E-state index is 0.538. The van der Waals surface area contributed by atoms with Gasteiger partial charge in [0.2, 0.25) is 0 Å². The summed E-state index contributed by atoms with van der Waals surface area (Å²) in [4.78, 5) is 0. The van der Waals surface area contributed by atoms with Gasteiger partial charge in [0.15, 0.2) is 0 Å². The van der Waals surface area contributed by atoms with E-state index in [1.807, 2.05) is 0 Å². The standard InChI is InChI=1S/C14H24N2O/c1-10(2)15-6-7-16-13-8-11(3)14(17-5)12(4)9-13/h8-10,15-16H,6-7H2,1-5H3. The zero-order valence-electron chi connectivity index (χ0n) is 11.6. The number of ether oxygens (including phenoxy) is 1. The Morgan fingerprint density at radius 1 is 1.12 bits per heavy atom. The largest absolute Gasteiger partial charge is 0.496 e. The topological polar surface area (TPSA) is 33.3 Å². The van der Waals surface area contributed by atoms with Crippen molar-refractivity contribution in [1.82, 2.24) is 5.32 Å². The number of methoxy groups -OCH3 is 1. The van der Waals surface area contributed by atoms with Gasteiger partial charge in [-0.05, 0) is 37.1 Å². The molecular formula is C14H24N2O. The smallest absolute Gasteiger partial charge is 0.124 e. The summed E-state index contributed by atoms with van der Waals surface area (Å²) in [6.45, 7) is 10.4. The van der Waals surface area contributed by atoms with Gasteiger partial charge in [0.25, 0.3) is 0 Å². The summed E-state index contributed by atoms with van der Waals surface area (Å²) < 4.78 is 5.35. The first-order chi connectivity index (χ1) is 8.04. The normalized spacial score (nSPS) is 10.7. The highest BCUT2D eigenvalue weighted by Gasteiger charge is 2.04. The lowest BCUT2D eigenvalue weighted by molar-refractivity contribution is 0.408. The number of hydrogen-bond acceptors (Lipinski definition) is 3. The Morgan fingerprint density at radius 3 is 2.18 bits per heavy atom. The van der Waals surface area contributed by atoms with Crippen LogP contribution in [0.2, 0.25) is 0 Å². The molecule has 3 nitrogen and oxygen atoms in total. The molecule has 0 saturated heterocycles. The van der Waals surface area contributed by atoms with Crippen LogP contribution in [-0.2, 0) is 0 Å². The number of aryl methyl sites for hydroxylation is 2. The van der Waals surface area contributed by atoms with E-state index in [-0.39, 0.29) is 0 Å².